The van der Waals surface area contributed by atoms with Gasteiger partial charge in [-0.25, -0.2) is 0 Å². The molecule has 19 heavy (non-hydrogen) atoms. The van der Waals surface area contributed by atoms with Crippen LogP contribution < -0.4 is 0 Å². The molecule has 102 valence electrons. The van der Waals surface area contributed by atoms with E-state index in [1.54, 1.807) is 0 Å². The Morgan fingerprint density at radius 1 is 1.42 bits per heavy atom. The van der Waals surface area contributed by atoms with Crippen molar-refractivity contribution in [2.75, 3.05) is 6.61 Å². The van der Waals surface area contributed by atoms with Gasteiger partial charge in [-0.3, -0.25) is 4.79 Å². The number of ether oxygens (including phenoxy) is 1. The maximum Gasteiger partial charge on any atom is 0.309 e. The maximum atomic E-state index is 12.1. The van der Waals surface area contributed by atoms with Gasteiger partial charge in [0.05, 0.1) is 12.5 Å². The molecule has 0 heterocycles. The zero-order valence-corrected chi connectivity index (χ0v) is 12.0. The Morgan fingerprint density at radius 3 is 2.58 bits per heavy atom. The molecule has 0 aliphatic heterocycles. The van der Waals surface area contributed by atoms with E-state index in [0.29, 0.717) is 6.61 Å². The lowest BCUT2D eigenvalue weighted by Crippen LogP contribution is -2.48. The fourth-order valence-electron chi connectivity index (χ4n) is 3.15. The van der Waals surface area contributed by atoms with Crippen LogP contribution in [0.4, 0.5) is 0 Å². The van der Waals surface area contributed by atoms with Crippen LogP contribution in [0.25, 0.3) is 0 Å². The normalized spacial score (nSPS) is 29.4. The van der Waals surface area contributed by atoms with Gasteiger partial charge in [-0.05, 0) is 31.2 Å². The minimum absolute atomic E-state index is 0.00121. The number of hydrogen-bond donors (Lipinski definition) is 0. The van der Waals surface area contributed by atoms with E-state index in [2.05, 4.69) is 32.6 Å². The summed E-state index contributed by atoms with van der Waals surface area (Å²) >= 11 is 0. The number of carbonyl (C=O) groups excluding carboxylic acids is 1. The summed E-state index contributed by atoms with van der Waals surface area (Å²) in [4.78, 5) is 12.1. The zero-order chi connectivity index (χ0) is 14.0. The summed E-state index contributed by atoms with van der Waals surface area (Å²) in [5.41, 5.74) is 2.35. The fourth-order valence-corrected chi connectivity index (χ4v) is 3.15. The Bertz CT molecular complexity index is 477. The number of hydrogen-bond acceptors (Lipinski definition) is 2. The van der Waals surface area contributed by atoms with Crippen molar-refractivity contribution in [1.82, 2.24) is 0 Å². The Morgan fingerprint density at radius 2 is 2.05 bits per heavy atom. The molecule has 1 fully saturated rings. The summed E-state index contributed by atoms with van der Waals surface area (Å²) in [6.07, 6.45) is 0.834. The SMILES string of the molecule is C=C(C)C1(C)C[C@@H](C(=O)OCC)[C@@H]1c1ccccc1. The van der Waals surface area contributed by atoms with Crippen LogP contribution in [-0.4, -0.2) is 12.6 Å². The first-order chi connectivity index (χ1) is 9.00. The summed E-state index contributed by atoms with van der Waals surface area (Å²) in [6.45, 7) is 10.7. The molecule has 0 amide bonds. The molecule has 2 nitrogen and oxygen atoms in total. The molecule has 0 saturated heterocycles. The van der Waals surface area contributed by atoms with E-state index in [1.807, 2.05) is 25.1 Å². The first-order valence-corrected chi connectivity index (χ1v) is 6.88. The van der Waals surface area contributed by atoms with E-state index in [0.717, 1.165) is 12.0 Å². The molecule has 1 aromatic carbocycles. The average molecular weight is 258 g/mol. The van der Waals surface area contributed by atoms with Crippen LogP contribution in [0, 0.1) is 11.3 Å². The molecule has 1 unspecified atom stereocenters. The molecule has 2 heteroatoms. The molecule has 3 atom stereocenters. The Kier molecular flexibility index (Phi) is 3.79. The van der Waals surface area contributed by atoms with Crippen molar-refractivity contribution in [2.24, 2.45) is 11.3 Å². The minimum Gasteiger partial charge on any atom is -0.466 e. The van der Waals surface area contributed by atoms with E-state index >= 15 is 0 Å². The number of carbonyl (C=O) groups is 1. The topological polar surface area (TPSA) is 26.3 Å². The first-order valence-electron chi connectivity index (χ1n) is 6.88. The predicted octanol–water partition coefficient (Wildman–Crippen LogP) is 3.94. The van der Waals surface area contributed by atoms with Crippen LogP contribution in [0.2, 0.25) is 0 Å². The highest BCUT2D eigenvalue weighted by Crippen LogP contribution is 2.60. The molecule has 1 aliphatic carbocycles. The summed E-state index contributed by atoms with van der Waals surface area (Å²) in [5.74, 6) is 0.0735. The van der Waals surface area contributed by atoms with Crippen LogP contribution in [0.3, 0.4) is 0 Å². The van der Waals surface area contributed by atoms with Crippen LogP contribution in [0.15, 0.2) is 42.5 Å². The van der Waals surface area contributed by atoms with Crippen molar-refractivity contribution in [2.45, 2.75) is 33.1 Å². The molecule has 2 rings (SSSR count). The van der Waals surface area contributed by atoms with E-state index in [-0.39, 0.29) is 23.2 Å². The van der Waals surface area contributed by atoms with Crippen molar-refractivity contribution in [3.63, 3.8) is 0 Å². The first kappa shape index (κ1) is 13.9. The molecule has 0 bridgehead atoms. The summed E-state index contributed by atoms with van der Waals surface area (Å²) in [6, 6.07) is 10.2. The highest BCUT2D eigenvalue weighted by atomic mass is 16.5. The monoisotopic (exact) mass is 258 g/mol. The molecule has 0 spiro atoms. The van der Waals surface area contributed by atoms with E-state index in [1.165, 1.54) is 5.56 Å². The lowest BCUT2D eigenvalue weighted by molar-refractivity contribution is -0.157. The van der Waals surface area contributed by atoms with Crippen molar-refractivity contribution in [3.05, 3.63) is 48.0 Å². The van der Waals surface area contributed by atoms with Crippen molar-refractivity contribution in [3.8, 4) is 0 Å². The second kappa shape index (κ2) is 5.20. The van der Waals surface area contributed by atoms with Gasteiger partial charge in [-0.15, -0.1) is 0 Å². The number of rotatable bonds is 4. The Labute approximate surface area is 115 Å². The molecule has 0 aromatic heterocycles. The van der Waals surface area contributed by atoms with Gasteiger partial charge in [0.15, 0.2) is 0 Å². The van der Waals surface area contributed by atoms with Gasteiger partial charge in [0.1, 0.15) is 0 Å². The summed E-state index contributed by atoms with van der Waals surface area (Å²) < 4.78 is 5.20. The Balaban J connectivity index is 2.30. The molecular formula is C17H22O2. The van der Waals surface area contributed by atoms with Gasteiger partial charge in [0, 0.05) is 5.92 Å². The molecular weight excluding hydrogens is 236 g/mol. The van der Waals surface area contributed by atoms with Crippen molar-refractivity contribution in [1.29, 1.82) is 0 Å². The summed E-state index contributed by atoms with van der Waals surface area (Å²) in [7, 11) is 0. The zero-order valence-electron chi connectivity index (χ0n) is 12.0. The van der Waals surface area contributed by atoms with E-state index in [9.17, 15) is 4.79 Å². The maximum absolute atomic E-state index is 12.1. The lowest BCUT2D eigenvalue weighted by Gasteiger charge is -2.53. The molecule has 1 saturated carbocycles. The molecule has 0 N–H and O–H groups in total. The third kappa shape index (κ3) is 2.32. The standard InChI is InChI=1S/C17H22O2/c1-5-19-16(18)14-11-17(4,12(2)3)15(14)13-9-7-6-8-10-13/h6-10,14-15H,2,5,11H2,1,3-4H3/t14-,15+,17?/m1/s1. The number of allylic oxidation sites excluding steroid dienone is 1. The van der Waals surface area contributed by atoms with Gasteiger partial charge in [0.2, 0.25) is 0 Å². The van der Waals surface area contributed by atoms with Crippen molar-refractivity contribution < 1.29 is 9.53 Å². The quantitative estimate of drug-likeness (QED) is 0.604. The van der Waals surface area contributed by atoms with E-state index < -0.39 is 0 Å². The van der Waals surface area contributed by atoms with Gasteiger partial charge in [-0.1, -0.05) is 49.4 Å². The second-order valence-corrected chi connectivity index (χ2v) is 5.65. The number of benzene rings is 1. The van der Waals surface area contributed by atoms with Crippen LogP contribution in [-0.2, 0) is 9.53 Å². The molecule has 1 aromatic rings. The fraction of sp³-hybridized carbons (Fsp3) is 0.471. The second-order valence-electron chi connectivity index (χ2n) is 5.65. The number of esters is 1. The molecule has 1 aliphatic rings. The average Bonchev–Trinajstić information content (AvgIpc) is 2.36. The van der Waals surface area contributed by atoms with Crippen molar-refractivity contribution >= 4 is 5.97 Å². The largest absolute Gasteiger partial charge is 0.466 e. The van der Waals surface area contributed by atoms with E-state index in [4.69, 9.17) is 4.74 Å². The highest BCUT2D eigenvalue weighted by molar-refractivity contribution is 5.76. The lowest BCUT2D eigenvalue weighted by atomic mass is 9.50. The third-order valence-electron chi connectivity index (χ3n) is 4.46. The predicted molar refractivity (Wildman–Crippen MR) is 76.8 cm³/mol. The highest BCUT2D eigenvalue weighted by Gasteiger charge is 2.55. The van der Waals surface area contributed by atoms with Crippen LogP contribution in [0.5, 0.6) is 0 Å². The summed E-state index contributed by atoms with van der Waals surface area (Å²) in [5, 5.41) is 0. The smallest absolute Gasteiger partial charge is 0.309 e. The third-order valence-corrected chi connectivity index (χ3v) is 4.46. The van der Waals surface area contributed by atoms with Gasteiger partial charge in [0.25, 0.3) is 0 Å². The van der Waals surface area contributed by atoms with Crippen LogP contribution >= 0.6 is 0 Å². The van der Waals surface area contributed by atoms with Gasteiger partial charge >= 0.3 is 5.97 Å². The van der Waals surface area contributed by atoms with Gasteiger partial charge in [-0.2, -0.15) is 0 Å². The van der Waals surface area contributed by atoms with Gasteiger partial charge < -0.3 is 4.74 Å². The van der Waals surface area contributed by atoms with Crippen LogP contribution in [0.1, 0.15) is 38.7 Å². The minimum atomic E-state index is -0.0740. The molecule has 0 radical (unpaired) electrons. The Hall–Kier alpha value is -1.57.